The van der Waals surface area contributed by atoms with Gasteiger partial charge in [-0.05, 0) is 28.6 Å². The lowest BCUT2D eigenvalue weighted by molar-refractivity contribution is 0.291. The molecule has 4 rings (SSSR count). The van der Waals surface area contributed by atoms with E-state index >= 15 is 0 Å². The Morgan fingerprint density at radius 3 is 2.67 bits per heavy atom. The maximum atomic E-state index is 12.2. The molecule has 0 atom stereocenters. The van der Waals surface area contributed by atoms with Gasteiger partial charge in [-0.3, -0.25) is 0 Å². The largest absolute Gasteiger partial charge is 0.479 e. The molecule has 11 heteroatoms. The second-order valence-corrected chi connectivity index (χ2v) is 6.15. The molecule has 0 aliphatic rings. The van der Waals surface area contributed by atoms with Gasteiger partial charge in [0.2, 0.25) is 11.8 Å². The molecular weight excluding hydrogens is 388 g/mol. The minimum absolute atomic E-state index is 0.166. The molecule has 0 amide bonds. The van der Waals surface area contributed by atoms with Gasteiger partial charge >= 0.3 is 5.69 Å². The van der Waals surface area contributed by atoms with Gasteiger partial charge in [0.1, 0.15) is 24.1 Å². The van der Waals surface area contributed by atoms with E-state index in [1.165, 1.54) is 18.8 Å². The molecule has 0 fully saturated rings. The molecule has 11 nitrogen and oxygen atoms in total. The highest BCUT2D eigenvalue weighted by Gasteiger charge is 2.13. The number of hydrogen-bond donors (Lipinski definition) is 0. The fourth-order valence-corrected chi connectivity index (χ4v) is 2.79. The van der Waals surface area contributed by atoms with E-state index < -0.39 is 0 Å². The minimum atomic E-state index is -0.355. The lowest BCUT2D eigenvalue weighted by Crippen LogP contribution is -2.23. The molecule has 0 bridgehead atoms. The smallest absolute Gasteiger partial charge is 0.368 e. The van der Waals surface area contributed by atoms with E-state index in [9.17, 15) is 4.79 Å². The summed E-state index contributed by atoms with van der Waals surface area (Å²) in [6.07, 6.45) is 1.69. The summed E-state index contributed by atoms with van der Waals surface area (Å²) < 4.78 is 15.0. The van der Waals surface area contributed by atoms with Crippen molar-refractivity contribution in [1.82, 2.24) is 34.6 Å². The second kappa shape index (κ2) is 7.88. The van der Waals surface area contributed by atoms with E-state index in [1.54, 1.807) is 41.2 Å². The quantitative estimate of drug-likeness (QED) is 0.466. The average Bonchev–Trinajstić information content (AvgIpc) is 3.39. The number of nitriles is 1. The van der Waals surface area contributed by atoms with E-state index in [1.807, 2.05) is 18.2 Å². The Kier molecular flexibility index (Phi) is 4.96. The number of hydrogen-bond acceptors (Lipinski definition) is 8. The monoisotopic (exact) mass is 404 g/mol. The summed E-state index contributed by atoms with van der Waals surface area (Å²) in [7, 11) is 3.00. The molecule has 150 valence electrons. The fraction of sp³-hybridized carbons (Fsp3) is 0.158. The van der Waals surface area contributed by atoms with Gasteiger partial charge in [0, 0.05) is 24.9 Å². The van der Waals surface area contributed by atoms with Crippen LogP contribution in [0.15, 0.2) is 53.5 Å². The highest BCUT2D eigenvalue weighted by Crippen LogP contribution is 2.22. The molecule has 0 radical (unpaired) electrons. The van der Waals surface area contributed by atoms with Crippen LogP contribution >= 0.6 is 0 Å². The maximum absolute atomic E-state index is 12.2. The van der Waals surface area contributed by atoms with Crippen molar-refractivity contribution in [2.24, 2.45) is 7.05 Å². The predicted octanol–water partition coefficient (Wildman–Crippen LogP) is 1.01. The van der Waals surface area contributed by atoms with E-state index in [2.05, 4.69) is 20.5 Å². The second-order valence-electron chi connectivity index (χ2n) is 6.15. The van der Waals surface area contributed by atoms with Crippen LogP contribution in [0.3, 0.4) is 0 Å². The van der Waals surface area contributed by atoms with Crippen molar-refractivity contribution in [3.8, 4) is 29.2 Å². The van der Waals surface area contributed by atoms with Crippen molar-refractivity contribution in [2.45, 2.75) is 6.61 Å². The van der Waals surface area contributed by atoms with Crippen LogP contribution in [0.1, 0.15) is 11.3 Å². The SMILES string of the molecule is COc1nc(C#N)ccc1-n1ccc(OCc2ccccc2-n2nnn(C)c2=O)n1. The zero-order valence-corrected chi connectivity index (χ0v) is 16.1. The number of ether oxygens (including phenoxy) is 2. The first-order chi connectivity index (χ1) is 14.6. The molecule has 3 heterocycles. The third kappa shape index (κ3) is 3.49. The van der Waals surface area contributed by atoms with Crippen LogP contribution in [-0.4, -0.2) is 41.7 Å². The van der Waals surface area contributed by atoms with Gasteiger partial charge in [-0.2, -0.15) is 14.6 Å². The number of para-hydroxylation sites is 1. The third-order valence-electron chi connectivity index (χ3n) is 4.28. The number of pyridine rings is 1. The third-order valence-corrected chi connectivity index (χ3v) is 4.28. The molecule has 0 saturated carbocycles. The Morgan fingerprint density at radius 2 is 1.93 bits per heavy atom. The van der Waals surface area contributed by atoms with Crippen molar-refractivity contribution in [3.63, 3.8) is 0 Å². The summed E-state index contributed by atoms with van der Waals surface area (Å²) in [5.74, 6) is 0.638. The van der Waals surface area contributed by atoms with Crippen LogP contribution in [0.4, 0.5) is 0 Å². The number of tetrazole rings is 1. The zero-order valence-electron chi connectivity index (χ0n) is 16.1. The Balaban J connectivity index is 1.56. The van der Waals surface area contributed by atoms with Crippen molar-refractivity contribution in [3.05, 3.63) is 70.4 Å². The molecule has 4 aromatic rings. The summed E-state index contributed by atoms with van der Waals surface area (Å²) in [5.41, 5.74) is 1.78. The van der Waals surface area contributed by atoms with Crippen LogP contribution in [-0.2, 0) is 13.7 Å². The van der Waals surface area contributed by atoms with Gasteiger partial charge in [-0.25, -0.2) is 14.5 Å². The predicted molar refractivity (Wildman–Crippen MR) is 104 cm³/mol. The number of rotatable bonds is 6. The van der Waals surface area contributed by atoms with Gasteiger partial charge < -0.3 is 9.47 Å². The Bertz CT molecular complexity index is 1300. The summed E-state index contributed by atoms with van der Waals surface area (Å²) in [4.78, 5) is 16.3. The normalized spacial score (nSPS) is 10.6. The van der Waals surface area contributed by atoms with E-state index in [-0.39, 0.29) is 23.9 Å². The zero-order chi connectivity index (χ0) is 21.1. The van der Waals surface area contributed by atoms with Crippen LogP contribution in [0.2, 0.25) is 0 Å². The highest BCUT2D eigenvalue weighted by atomic mass is 16.5. The fourth-order valence-electron chi connectivity index (χ4n) is 2.79. The standard InChI is InChI=1S/C19H16N8O3/c1-25-19(28)27(24-23-25)15-6-4-3-5-13(15)12-30-17-9-10-26(22-17)16-8-7-14(11-20)21-18(16)29-2/h3-10H,12H2,1-2H3. The van der Waals surface area contributed by atoms with Crippen LogP contribution in [0, 0.1) is 11.3 Å². The van der Waals surface area contributed by atoms with Crippen molar-refractivity contribution >= 4 is 0 Å². The number of methoxy groups -OCH3 is 1. The van der Waals surface area contributed by atoms with E-state index in [4.69, 9.17) is 14.7 Å². The van der Waals surface area contributed by atoms with Crippen molar-refractivity contribution < 1.29 is 9.47 Å². The first-order valence-electron chi connectivity index (χ1n) is 8.82. The molecule has 0 N–H and O–H groups in total. The van der Waals surface area contributed by atoms with Gasteiger partial charge in [0.15, 0.2) is 0 Å². The van der Waals surface area contributed by atoms with Crippen LogP contribution in [0.25, 0.3) is 11.4 Å². The van der Waals surface area contributed by atoms with Crippen LogP contribution < -0.4 is 15.2 Å². The number of aromatic nitrogens is 7. The van der Waals surface area contributed by atoms with E-state index in [0.717, 1.165) is 10.2 Å². The number of benzene rings is 1. The molecule has 1 aromatic carbocycles. The Morgan fingerprint density at radius 1 is 1.10 bits per heavy atom. The molecule has 30 heavy (non-hydrogen) atoms. The lowest BCUT2D eigenvalue weighted by Gasteiger charge is -2.09. The van der Waals surface area contributed by atoms with Crippen molar-refractivity contribution in [1.29, 1.82) is 5.26 Å². The van der Waals surface area contributed by atoms with E-state index in [0.29, 0.717) is 17.3 Å². The van der Waals surface area contributed by atoms with Crippen LogP contribution in [0.5, 0.6) is 11.8 Å². The minimum Gasteiger partial charge on any atom is -0.479 e. The Hall–Kier alpha value is -4.46. The van der Waals surface area contributed by atoms with Gasteiger partial charge in [-0.1, -0.05) is 18.2 Å². The summed E-state index contributed by atoms with van der Waals surface area (Å²) in [6.45, 7) is 0.166. The average molecular weight is 404 g/mol. The number of nitrogens with zero attached hydrogens (tertiary/aromatic N) is 8. The van der Waals surface area contributed by atoms with Gasteiger partial charge in [-0.15, -0.1) is 5.10 Å². The molecule has 0 saturated heterocycles. The highest BCUT2D eigenvalue weighted by molar-refractivity contribution is 5.44. The van der Waals surface area contributed by atoms with Crippen molar-refractivity contribution in [2.75, 3.05) is 7.11 Å². The van der Waals surface area contributed by atoms with Gasteiger partial charge in [0.05, 0.1) is 12.8 Å². The molecule has 0 spiro atoms. The summed E-state index contributed by atoms with van der Waals surface area (Å²) >= 11 is 0. The number of aryl methyl sites for hydroxylation is 1. The molecule has 3 aromatic heterocycles. The molecule has 0 aliphatic heterocycles. The molecule has 0 aliphatic carbocycles. The summed E-state index contributed by atoms with van der Waals surface area (Å²) in [6, 6.07) is 14.2. The van der Waals surface area contributed by atoms with Gasteiger partial charge in [0.25, 0.3) is 0 Å². The Labute approximate surface area is 170 Å². The lowest BCUT2D eigenvalue weighted by atomic mass is 10.2. The summed E-state index contributed by atoms with van der Waals surface area (Å²) in [5, 5.41) is 21.0. The first kappa shape index (κ1) is 18.9. The molecule has 0 unspecified atom stereocenters. The first-order valence-corrected chi connectivity index (χ1v) is 8.82. The topological polar surface area (TPSA) is 126 Å². The maximum Gasteiger partial charge on any atom is 0.368 e. The molecular formula is C19H16N8O3.